The average molecular weight is 269 g/mol. The SMILES string of the molecule is [2H]N[C@@H](CC(C)C)C(=O)NC1CC(C)CCC1C(C)C. The van der Waals surface area contributed by atoms with Crippen LogP contribution in [0.5, 0.6) is 0 Å². The second kappa shape index (κ2) is 7.28. The summed E-state index contributed by atoms with van der Waals surface area (Å²) in [6.45, 7) is 10.9. The summed E-state index contributed by atoms with van der Waals surface area (Å²) in [5.41, 5.74) is 2.42. The van der Waals surface area contributed by atoms with Crippen molar-refractivity contribution in [2.24, 2.45) is 29.4 Å². The second-order valence-corrected chi connectivity index (χ2v) is 7.12. The Morgan fingerprint density at radius 1 is 1.37 bits per heavy atom. The molecule has 0 aromatic heterocycles. The average Bonchev–Trinajstić information content (AvgIpc) is 2.35. The highest BCUT2D eigenvalue weighted by Gasteiger charge is 2.32. The van der Waals surface area contributed by atoms with Gasteiger partial charge < -0.3 is 11.0 Å². The van der Waals surface area contributed by atoms with Crippen LogP contribution in [0.2, 0.25) is 1.41 Å². The van der Waals surface area contributed by atoms with E-state index in [2.05, 4.69) is 45.7 Å². The molecule has 0 saturated heterocycles. The van der Waals surface area contributed by atoms with Crippen LogP contribution in [0.25, 0.3) is 0 Å². The van der Waals surface area contributed by atoms with Crippen molar-refractivity contribution in [3.63, 3.8) is 0 Å². The number of rotatable bonds is 6. The van der Waals surface area contributed by atoms with Crippen LogP contribution in [-0.2, 0) is 4.79 Å². The molecule has 0 spiro atoms. The zero-order chi connectivity index (χ0) is 15.3. The molecule has 1 rings (SSSR count). The highest BCUT2D eigenvalue weighted by atomic mass is 16.2. The van der Waals surface area contributed by atoms with Crippen molar-refractivity contribution in [3.8, 4) is 0 Å². The van der Waals surface area contributed by atoms with Crippen LogP contribution >= 0.6 is 0 Å². The Hall–Kier alpha value is -0.570. The lowest BCUT2D eigenvalue weighted by atomic mass is 9.74. The maximum absolute atomic E-state index is 12.4. The van der Waals surface area contributed by atoms with E-state index in [0.29, 0.717) is 30.1 Å². The monoisotopic (exact) mass is 269 g/mol. The zero-order valence-corrected chi connectivity index (χ0v) is 13.2. The molecular formula is C16H32N2O. The molecule has 1 aliphatic carbocycles. The molecule has 1 amide bonds. The third kappa shape index (κ3) is 5.13. The Morgan fingerprint density at radius 2 is 2.05 bits per heavy atom. The first kappa shape index (κ1) is 14.8. The van der Waals surface area contributed by atoms with Crippen molar-refractivity contribution >= 4 is 5.91 Å². The molecule has 3 N–H and O–H groups in total. The molecule has 1 fully saturated rings. The minimum Gasteiger partial charge on any atom is -0.352 e. The van der Waals surface area contributed by atoms with Crippen molar-refractivity contribution in [1.82, 2.24) is 5.32 Å². The number of hydrogen-bond acceptors (Lipinski definition) is 2. The molecule has 0 bridgehead atoms. The Labute approximate surface area is 120 Å². The van der Waals surface area contributed by atoms with E-state index in [1.807, 2.05) is 0 Å². The Morgan fingerprint density at radius 3 is 2.58 bits per heavy atom. The summed E-state index contributed by atoms with van der Waals surface area (Å²) < 4.78 is 7.36. The minimum atomic E-state index is -0.389. The molecule has 19 heavy (non-hydrogen) atoms. The summed E-state index contributed by atoms with van der Waals surface area (Å²) in [5.74, 6) is 2.26. The van der Waals surface area contributed by atoms with Gasteiger partial charge in [-0.05, 0) is 42.9 Å². The molecule has 0 aromatic carbocycles. The third-order valence-corrected chi connectivity index (χ3v) is 4.37. The van der Waals surface area contributed by atoms with Gasteiger partial charge in [-0.2, -0.15) is 0 Å². The highest BCUT2D eigenvalue weighted by molar-refractivity contribution is 5.81. The van der Waals surface area contributed by atoms with E-state index in [0.717, 1.165) is 6.42 Å². The van der Waals surface area contributed by atoms with Gasteiger partial charge in [-0.1, -0.05) is 41.0 Å². The summed E-state index contributed by atoms with van der Waals surface area (Å²) in [4.78, 5) is 12.4. The molecule has 0 radical (unpaired) electrons. The van der Waals surface area contributed by atoms with Gasteiger partial charge in [0.1, 0.15) is 1.41 Å². The lowest BCUT2D eigenvalue weighted by Gasteiger charge is -2.38. The van der Waals surface area contributed by atoms with Crippen molar-refractivity contribution in [3.05, 3.63) is 0 Å². The van der Waals surface area contributed by atoms with E-state index in [1.165, 1.54) is 12.8 Å². The van der Waals surface area contributed by atoms with E-state index in [1.54, 1.807) is 0 Å². The quantitative estimate of drug-likeness (QED) is 0.779. The molecule has 112 valence electrons. The predicted octanol–water partition coefficient (Wildman–Crippen LogP) is 2.94. The molecule has 0 aromatic rings. The molecule has 1 aliphatic rings. The van der Waals surface area contributed by atoms with Crippen molar-refractivity contribution in [1.29, 1.82) is 0 Å². The van der Waals surface area contributed by atoms with Gasteiger partial charge in [-0.25, -0.2) is 0 Å². The molecule has 3 unspecified atom stereocenters. The van der Waals surface area contributed by atoms with Crippen LogP contribution in [0, 0.1) is 23.7 Å². The third-order valence-electron chi connectivity index (χ3n) is 4.37. The first-order valence-electron chi connectivity index (χ1n) is 8.32. The van der Waals surface area contributed by atoms with Gasteiger partial charge in [-0.15, -0.1) is 0 Å². The summed E-state index contributed by atoms with van der Waals surface area (Å²) in [5, 5.41) is 3.22. The van der Waals surface area contributed by atoms with Crippen LogP contribution in [0.15, 0.2) is 0 Å². The van der Waals surface area contributed by atoms with E-state index in [4.69, 9.17) is 1.41 Å². The standard InChI is InChI=1S/C16H32N2O/c1-10(2)8-14(17)16(19)18-15-9-12(5)6-7-13(15)11(3)4/h10-15H,6-9,17H2,1-5H3,(H,18,19)/t12?,13?,14-,15?/m0/s1/i/hD. The van der Waals surface area contributed by atoms with Crippen LogP contribution in [0.4, 0.5) is 0 Å². The number of carbonyl (C=O) groups excluding carboxylic acids is 1. The minimum absolute atomic E-state index is 0.00144. The smallest absolute Gasteiger partial charge is 0.237 e. The first-order valence-corrected chi connectivity index (χ1v) is 7.82. The number of amides is 1. The van der Waals surface area contributed by atoms with E-state index in [9.17, 15) is 4.79 Å². The van der Waals surface area contributed by atoms with Crippen molar-refractivity contribution in [2.45, 2.75) is 72.4 Å². The maximum atomic E-state index is 12.4. The summed E-state index contributed by atoms with van der Waals surface area (Å²) in [6.07, 6.45) is 4.25. The molecule has 4 atom stereocenters. The molecule has 3 heteroatoms. The number of carbonyl (C=O) groups is 1. The van der Waals surface area contributed by atoms with E-state index >= 15 is 0 Å². The number of nitrogens with one attached hydrogen (secondary N) is 1. The van der Waals surface area contributed by atoms with Gasteiger partial charge in [0.05, 0.1) is 6.04 Å². The number of nitrogens with two attached hydrogens (primary N) is 1. The van der Waals surface area contributed by atoms with Gasteiger partial charge >= 0.3 is 0 Å². The normalized spacial score (nSPS) is 30.3. The fourth-order valence-electron chi connectivity index (χ4n) is 3.23. The Kier molecular flexibility index (Phi) is 5.68. The second-order valence-electron chi connectivity index (χ2n) is 7.12. The van der Waals surface area contributed by atoms with Gasteiger partial charge in [0.2, 0.25) is 5.91 Å². The lowest BCUT2D eigenvalue weighted by Crippen LogP contribution is -2.51. The van der Waals surface area contributed by atoms with Gasteiger partial charge in [0.25, 0.3) is 0 Å². The van der Waals surface area contributed by atoms with Gasteiger partial charge in [-0.3, -0.25) is 4.79 Å². The van der Waals surface area contributed by atoms with Crippen LogP contribution < -0.4 is 11.0 Å². The van der Waals surface area contributed by atoms with Crippen LogP contribution in [0.3, 0.4) is 0 Å². The predicted molar refractivity (Wildman–Crippen MR) is 80.7 cm³/mol. The van der Waals surface area contributed by atoms with E-state index in [-0.39, 0.29) is 18.0 Å². The largest absolute Gasteiger partial charge is 0.352 e. The topological polar surface area (TPSA) is 55.1 Å². The van der Waals surface area contributed by atoms with Crippen LogP contribution in [-0.4, -0.2) is 18.0 Å². The fraction of sp³-hybridized carbons (Fsp3) is 0.938. The van der Waals surface area contributed by atoms with Gasteiger partial charge in [0.15, 0.2) is 0 Å². The van der Waals surface area contributed by atoms with Gasteiger partial charge in [0, 0.05) is 6.04 Å². The van der Waals surface area contributed by atoms with Crippen molar-refractivity contribution < 1.29 is 6.21 Å². The molecule has 1 saturated carbocycles. The first-order chi connectivity index (χ1) is 9.35. The lowest BCUT2D eigenvalue weighted by molar-refractivity contribution is -0.124. The molecule has 0 heterocycles. The highest BCUT2D eigenvalue weighted by Crippen LogP contribution is 2.33. The van der Waals surface area contributed by atoms with Crippen LogP contribution in [0.1, 0.15) is 60.3 Å². The molecule has 3 nitrogen and oxygen atoms in total. The summed E-state index contributed by atoms with van der Waals surface area (Å²) in [6, 6.07) is -0.116. The van der Waals surface area contributed by atoms with Crippen molar-refractivity contribution in [2.75, 3.05) is 0 Å². The number of hydrogen-bond donors (Lipinski definition) is 2. The Bertz CT molecular complexity index is 307. The zero-order valence-electron chi connectivity index (χ0n) is 14.2. The molecular weight excluding hydrogens is 236 g/mol. The summed E-state index contributed by atoms with van der Waals surface area (Å²) in [7, 11) is 0. The molecule has 0 aliphatic heterocycles. The maximum Gasteiger partial charge on any atom is 0.237 e. The van der Waals surface area contributed by atoms with E-state index < -0.39 is 0 Å². The Balaban J connectivity index is 2.64. The summed E-state index contributed by atoms with van der Waals surface area (Å²) >= 11 is 0. The fourth-order valence-corrected chi connectivity index (χ4v) is 3.23.